The van der Waals surface area contributed by atoms with Gasteiger partial charge in [-0.3, -0.25) is 0 Å². The molecule has 0 radical (unpaired) electrons. The van der Waals surface area contributed by atoms with E-state index in [1.807, 2.05) is 13.8 Å². The molecule has 0 unspecified atom stereocenters. The van der Waals surface area contributed by atoms with E-state index in [1.54, 1.807) is 12.1 Å². The van der Waals surface area contributed by atoms with Crippen molar-refractivity contribution < 1.29 is 23.8 Å². The number of hydrogen-bond donors (Lipinski definition) is 2. The molecule has 8 heteroatoms. The zero-order valence-corrected chi connectivity index (χ0v) is 15.1. The fourth-order valence-corrected chi connectivity index (χ4v) is 2.78. The number of aliphatic hydroxyl groups excluding tert-OH is 1. The molecule has 1 aromatic heterocycles. The van der Waals surface area contributed by atoms with E-state index in [2.05, 4.69) is 10.3 Å². The average molecular weight is 375 g/mol. The van der Waals surface area contributed by atoms with E-state index >= 15 is 0 Å². The van der Waals surface area contributed by atoms with Gasteiger partial charge in [-0.2, -0.15) is 0 Å². The maximum Gasteiger partial charge on any atom is 0.322 e. The molecule has 2 aromatic rings. The van der Waals surface area contributed by atoms with E-state index in [0.29, 0.717) is 18.0 Å². The SMILES string of the molecule is CC(C)O[C@H]1CN(C(=O)Nc2cccnc2Oc2ccc(F)cc2)C[C@@H]1O. The minimum atomic E-state index is -0.734. The number of carbonyl (C=O) groups excluding carboxylic acids is 1. The zero-order chi connectivity index (χ0) is 19.4. The lowest BCUT2D eigenvalue weighted by Gasteiger charge is -2.19. The second kappa shape index (κ2) is 8.32. The summed E-state index contributed by atoms with van der Waals surface area (Å²) < 4.78 is 24.3. The van der Waals surface area contributed by atoms with E-state index in [4.69, 9.17) is 9.47 Å². The summed E-state index contributed by atoms with van der Waals surface area (Å²) in [6, 6.07) is 8.42. The number of halogens is 1. The van der Waals surface area contributed by atoms with Crippen LogP contribution >= 0.6 is 0 Å². The smallest absolute Gasteiger partial charge is 0.322 e. The van der Waals surface area contributed by atoms with Gasteiger partial charge in [0, 0.05) is 6.20 Å². The Balaban J connectivity index is 1.67. The molecule has 0 aliphatic carbocycles. The Bertz CT molecular complexity index is 785. The van der Waals surface area contributed by atoms with Crippen molar-refractivity contribution >= 4 is 11.7 Å². The van der Waals surface area contributed by atoms with Gasteiger partial charge in [0.25, 0.3) is 0 Å². The summed E-state index contributed by atoms with van der Waals surface area (Å²) in [4.78, 5) is 18.2. The molecule has 7 nitrogen and oxygen atoms in total. The largest absolute Gasteiger partial charge is 0.437 e. The molecular formula is C19H22FN3O4. The Kier molecular flexibility index (Phi) is 5.88. The van der Waals surface area contributed by atoms with Crippen LogP contribution in [0.2, 0.25) is 0 Å². The topological polar surface area (TPSA) is 83.9 Å². The number of β-amino-alcohol motifs (C(OH)–C–C–N with tert-alkyl or cyclic N) is 1. The first-order chi connectivity index (χ1) is 12.9. The van der Waals surface area contributed by atoms with Crippen LogP contribution in [0.4, 0.5) is 14.9 Å². The quantitative estimate of drug-likeness (QED) is 0.839. The van der Waals surface area contributed by atoms with Gasteiger partial charge in [-0.1, -0.05) is 0 Å². The summed E-state index contributed by atoms with van der Waals surface area (Å²) in [6.45, 7) is 4.23. The third-order valence-electron chi connectivity index (χ3n) is 4.01. The lowest BCUT2D eigenvalue weighted by Crippen LogP contribution is -2.34. The second-order valence-electron chi connectivity index (χ2n) is 6.54. The molecule has 1 aliphatic heterocycles. The first-order valence-corrected chi connectivity index (χ1v) is 8.70. The fourth-order valence-electron chi connectivity index (χ4n) is 2.78. The monoisotopic (exact) mass is 375 g/mol. The summed E-state index contributed by atoms with van der Waals surface area (Å²) in [5, 5.41) is 12.8. The Morgan fingerprint density at radius 1 is 1.30 bits per heavy atom. The molecule has 0 saturated carbocycles. The van der Waals surface area contributed by atoms with Crippen LogP contribution in [0.5, 0.6) is 11.6 Å². The number of aromatic nitrogens is 1. The van der Waals surface area contributed by atoms with Gasteiger partial charge >= 0.3 is 6.03 Å². The van der Waals surface area contributed by atoms with Gasteiger partial charge in [0.2, 0.25) is 5.88 Å². The summed E-state index contributed by atoms with van der Waals surface area (Å²) in [7, 11) is 0. The van der Waals surface area contributed by atoms with Gasteiger partial charge in [-0.15, -0.1) is 0 Å². The van der Waals surface area contributed by atoms with Crippen LogP contribution in [0, 0.1) is 5.82 Å². The third kappa shape index (κ3) is 4.93. The summed E-state index contributed by atoms with van der Waals surface area (Å²) in [5.74, 6) is 0.211. The number of anilines is 1. The van der Waals surface area contributed by atoms with Crippen LogP contribution in [0.3, 0.4) is 0 Å². The van der Waals surface area contributed by atoms with Gasteiger partial charge in [0.1, 0.15) is 23.4 Å². The molecule has 1 aromatic carbocycles. The van der Waals surface area contributed by atoms with Crippen molar-refractivity contribution in [3.05, 3.63) is 48.4 Å². The molecule has 1 fully saturated rings. The van der Waals surface area contributed by atoms with E-state index < -0.39 is 12.2 Å². The number of urea groups is 1. The third-order valence-corrected chi connectivity index (χ3v) is 4.01. The highest BCUT2D eigenvalue weighted by atomic mass is 19.1. The van der Waals surface area contributed by atoms with Gasteiger partial charge in [-0.25, -0.2) is 14.2 Å². The normalized spacial score (nSPS) is 19.4. The highest BCUT2D eigenvalue weighted by molar-refractivity contribution is 5.90. The number of amides is 2. The van der Waals surface area contributed by atoms with Crippen molar-refractivity contribution in [2.45, 2.75) is 32.2 Å². The van der Waals surface area contributed by atoms with Crippen molar-refractivity contribution in [1.29, 1.82) is 0 Å². The molecule has 2 amide bonds. The predicted molar refractivity (Wildman–Crippen MR) is 97.3 cm³/mol. The highest BCUT2D eigenvalue weighted by Crippen LogP contribution is 2.27. The molecule has 0 spiro atoms. The Morgan fingerprint density at radius 3 is 2.74 bits per heavy atom. The maximum absolute atomic E-state index is 13.0. The molecule has 144 valence electrons. The molecule has 0 bridgehead atoms. The Hall–Kier alpha value is -2.71. The van der Waals surface area contributed by atoms with Gasteiger partial charge in [0.15, 0.2) is 0 Å². The van der Waals surface area contributed by atoms with Crippen LogP contribution in [-0.2, 0) is 4.74 Å². The summed E-state index contributed by atoms with van der Waals surface area (Å²) in [6.07, 6.45) is 0.337. The number of rotatable bonds is 5. The van der Waals surface area contributed by atoms with Crippen LogP contribution in [-0.4, -0.2) is 52.4 Å². The van der Waals surface area contributed by atoms with Gasteiger partial charge in [-0.05, 0) is 50.2 Å². The minimum absolute atomic E-state index is 0.0401. The van der Waals surface area contributed by atoms with E-state index in [0.717, 1.165) is 0 Å². The van der Waals surface area contributed by atoms with Crippen molar-refractivity contribution in [3.8, 4) is 11.6 Å². The van der Waals surface area contributed by atoms with Crippen molar-refractivity contribution in [3.63, 3.8) is 0 Å². The first-order valence-electron chi connectivity index (χ1n) is 8.70. The number of aliphatic hydroxyl groups is 1. The number of pyridine rings is 1. The van der Waals surface area contributed by atoms with E-state index in [1.165, 1.54) is 35.4 Å². The molecule has 2 N–H and O–H groups in total. The number of likely N-dealkylation sites (tertiary alicyclic amines) is 1. The van der Waals surface area contributed by atoms with Crippen molar-refractivity contribution in [2.24, 2.45) is 0 Å². The second-order valence-corrected chi connectivity index (χ2v) is 6.54. The molecule has 27 heavy (non-hydrogen) atoms. The van der Waals surface area contributed by atoms with Gasteiger partial charge < -0.3 is 24.8 Å². The number of hydrogen-bond acceptors (Lipinski definition) is 5. The van der Waals surface area contributed by atoms with Crippen LogP contribution in [0.15, 0.2) is 42.6 Å². The maximum atomic E-state index is 13.0. The average Bonchev–Trinajstić information content (AvgIpc) is 2.99. The zero-order valence-electron chi connectivity index (χ0n) is 15.1. The highest BCUT2D eigenvalue weighted by Gasteiger charge is 2.35. The number of nitrogens with one attached hydrogen (secondary N) is 1. The van der Waals surface area contributed by atoms with E-state index in [9.17, 15) is 14.3 Å². The van der Waals surface area contributed by atoms with Gasteiger partial charge in [0.05, 0.1) is 25.3 Å². The van der Waals surface area contributed by atoms with Crippen LogP contribution < -0.4 is 10.1 Å². The summed E-state index contributed by atoms with van der Waals surface area (Å²) >= 11 is 0. The first kappa shape index (κ1) is 19.1. The number of benzene rings is 1. The molecule has 1 saturated heterocycles. The Morgan fingerprint density at radius 2 is 2.04 bits per heavy atom. The predicted octanol–water partition coefficient (Wildman–Crippen LogP) is 3.02. The molecule has 2 atom stereocenters. The lowest BCUT2D eigenvalue weighted by atomic mass is 10.2. The van der Waals surface area contributed by atoms with E-state index in [-0.39, 0.29) is 30.4 Å². The molecule has 3 rings (SSSR count). The lowest BCUT2D eigenvalue weighted by molar-refractivity contribution is -0.0393. The fraction of sp³-hybridized carbons (Fsp3) is 0.368. The number of carbonyl (C=O) groups is 1. The van der Waals surface area contributed by atoms with Crippen LogP contribution in [0.1, 0.15) is 13.8 Å². The standard InChI is InChI=1S/C19H22FN3O4/c1-12(2)26-17-11-23(10-16(17)24)19(25)22-15-4-3-9-21-18(15)27-14-7-5-13(20)6-8-14/h3-9,12,16-17,24H,10-11H2,1-2H3,(H,22,25)/t16-,17-/m0/s1. The number of ether oxygens (including phenoxy) is 2. The molecule has 1 aliphatic rings. The molecular weight excluding hydrogens is 353 g/mol. The summed E-state index contributed by atoms with van der Waals surface area (Å²) in [5.41, 5.74) is 0.370. The van der Waals surface area contributed by atoms with Crippen molar-refractivity contribution in [2.75, 3.05) is 18.4 Å². The minimum Gasteiger partial charge on any atom is -0.437 e. The van der Waals surface area contributed by atoms with Crippen LogP contribution in [0.25, 0.3) is 0 Å². The Labute approximate surface area is 156 Å². The molecule has 2 heterocycles. The number of nitrogens with zero attached hydrogens (tertiary/aromatic N) is 2. The van der Waals surface area contributed by atoms with Crippen molar-refractivity contribution in [1.82, 2.24) is 9.88 Å².